The SMILES string of the molecule is CC/C=C\C/C=C\C/C=C\C/C=C\CCCCC(=O)OC[C@@H](COC(=O)CCCCCCC/C=C\CCCCCC)OC(=O)CCCCCCC/C=C\CCCCCC. The van der Waals surface area contributed by atoms with E-state index in [0.29, 0.717) is 19.3 Å². The topological polar surface area (TPSA) is 78.9 Å². The molecule has 0 spiro atoms. The van der Waals surface area contributed by atoms with Crippen LogP contribution in [-0.2, 0) is 28.6 Å². The summed E-state index contributed by atoms with van der Waals surface area (Å²) in [5.74, 6) is -0.959. The zero-order chi connectivity index (χ0) is 43.0. The molecule has 1 atom stereocenters. The van der Waals surface area contributed by atoms with E-state index in [2.05, 4.69) is 93.7 Å². The Morgan fingerprint density at radius 1 is 0.356 bits per heavy atom. The molecule has 0 unspecified atom stereocenters. The molecule has 0 aromatic heterocycles. The Kier molecular flexibility index (Phi) is 45.0. The molecule has 0 aromatic carbocycles. The lowest BCUT2D eigenvalue weighted by Gasteiger charge is -2.18. The summed E-state index contributed by atoms with van der Waals surface area (Å²) >= 11 is 0. The van der Waals surface area contributed by atoms with Crippen molar-refractivity contribution in [3.05, 3.63) is 72.9 Å². The van der Waals surface area contributed by atoms with Gasteiger partial charge in [-0.05, 0) is 109 Å². The monoisotopic (exact) mass is 823 g/mol. The molecule has 0 radical (unpaired) electrons. The van der Waals surface area contributed by atoms with Crippen LogP contribution in [-0.4, -0.2) is 37.2 Å². The van der Waals surface area contributed by atoms with E-state index in [9.17, 15) is 14.4 Å². The van der Waals surface area contributed by atoms with Gasteiger partial charge < -0.3 is 14.2 Å². The molecule has 0 heterocycles. The van der Waals surface area contributed by atoms with Gasteiger partial charge in [-0.3, -0.25) is 14.4 Å². The highest BCUT2D eigenvalue weighted by molar-refractivity contribution is 5.71. The second-order valence-electron chi connectivity index (χ2n) is 16.0. The predicted molar refractivity (Wildman–Crippen MR) is 251 cm³/mol. The summed E-state index contributed by atoms with van der Waals surface area (Å²) in [6.07, 6.45) is 58.8. The van der Waals surface area contributed by atoms with Crippen LogP contribution in [0.15, 0.2) is 72.9 Å². The molecular weight excluding hydrogens is 733 g/mol. The van der Waals surface area contributed by atoms with E-state index < -0.39 is 6.10 Å². The fraction of sp³-hybridized carbons (Fsp3) is 0.717. The van der Waals surface area contributed by atoms with Gasteiger partial charge in [-0.1, -0.05) is 171 Å². The van der Waals surface area contributed by atoms with E-state index >= 15 is 0 Å². The molecule has 0 bridgehead atoms. The molecule has 338 valence electrons. The summed E-state index contributed by atoms with van der Waals surface area (Å²) in [5, 5.41) is 0. The normalized spacial score (nSPS) is 12.7. The summed E-state index contributed by atoms with van der Waals surface area (Å²) in [4.78, 5) is 37.9. The van der Waals surface area contributed by atoms with Gasteiger partial charge in [0.1, 0.15) is 13.2 Å². The Hall–Kier alpha value is -3.15. The molecule has 59 heavy (non-hydrogen) atoms. The second-order valence-corrected chi connectivity index (χ2v) is 16.0. The van der Waals surface area contributed by atoms with Gasteiger partial charge in [-0.2, -0.15) is 0 Å². The minimum atomic E-state index is -0.798. The Balaban J connectivity index is 4.48. The minimum Gasteiger partial charge on any atom is -0.462 e. The van der Waals surface area contributed by atoms with Crippen LogP contribution in [0.5, 0.6) is 0 Å². The lowest BCUT2D eigenvalue weighted by Crippen LogP contribution is -2.30. The third-order valence-electron chi connectivity index (χ3n) is 10.2. The van der Waals surface area contributed by atoms with E-state index in [0.717, 1.165) is 103 Å². The first-order chi connectivity index (χ1) is 29.0. The van der Waals surface area contributed by atoms with Crippen molar-refractivity contribution in [2.45, 2.75) is 232 Å². The summed E-state index contributed by atoms with van der Waals surface area (Å²) in [7, 11) is 0. The van der Waals surface area contributed by atoms with Crippen LogP contribution in [0, 0.1) is 0 Å². The molecular formula is C53H90O6. The highest BCUT2D eigenvalue weighted by Crippen LogP contribution is 2.13. The molecule has 0 aliphatic rings. The number of allylic oxidation sites excluding steroid dienone is 12. The van der Waals surface area contributed by atoms with Crippen LogP contribution >= 0.6 is 0 Å². The molecule has 0 aliphatic heterocycles. The predicted octanol–water partition coefficient (Wildman–Crippen LogP) is 15.9. The zero-order valence-corrected chi connectivity index (χ0v) is 38.5. The highest BCUT2D eigenvalue weighted by atomic mass is 16.6. The maximum atomic E-state index is 12.7. The number of unbranched alkanes of at least 4 members (excludes halogenated alkanes) is 20. The van der Waals surface area contributed by atoms with Gasteiger partial charge in [0, 0.05) is 19.3 Å². The van der Waals surface area contributed by atoms with Gasteiger partial charge in [0.15, 0.2) is 6.10 Å². The third kappa shape index (κ3) is 45.8. The summed E-state index contributed by atoms with van der Waals surface area (Å²) in [5.41, 5.74) is 0. The quantitative estimate of drug-likeness (QED) is 0.0264. The number of ether oxygens (including phenoxy) is 3. The first-order valence-corrected chi connectivity index (χ1v) is 24.4. The fourth-order valence-corrected chi connectivity index (χ4v) is 6.48. The van der Waals surface area contributed by atoms with Crippen LogP contribution in [0.1, 0.15) is 226 Å². The van der Waals surface area contributed by atoms with Gasteiger partial charge in [-0.25, -0.2) is 0 Å². The van der Waals surface area contributed by atoms with Gasteiger partial charge >= 0.3 is 17.9 Å². The number of esters is 3. The molecule has 0 fully saturated rings. The van der Waals surface area contributed by atoms with E-state index in [1.807, 2.05) is 0 Å². The van der Waals surface area contributed by atoms with Gasteiger partial charge in [0.2, 0.25) is 0 Å². The van der Waals surface area contributed by atoms with E-state index in [1.165, 1.54) is 83.5 Å². The number of hydrogen-bond acceptors (Lipinski definition) is 6. The molecule has 0 rings (SSSR count). The Morgan fingerprint density at radius 3 is 1.08 bits per heavy atom. The highest BCUT2D eigenvalue weighted by Gasteiger charge is 2.19. The molecule has 6 nitrogen and oxygen atoms in total. The molecule has 0 N–H and O–H groups in total. The Labute approximate surface area is 363 Å². The van der Waals surface area contributed by atoms with E-state index in [4.69, 9.17) is 14.2 Å². The number of carbonyl (C=O) groups excluding carboxylic acids is 3. The standard InChI is InChI=1S/C53H90O6/c1-4-7-10-13-16-19-22-25-26-29-31-34-37-40-43-46-52(55)58-49-50(59-53(56)47-44-41-38-35-32-28-24-21-18-15-12-9-6-3)48-57-51(54)45-42-39-36-33-30-27-23-20-17-14-11-8-5-2/h7,10,16,19-21,23-26,31,34,50H,4-6,8-9,11-15,17-18,22,27-30,32-33,35-49H2,1-3H3/b10-7-,19-16-,23-20-,24-21-,26-25-,34-31-/t50-/m1/s1. The minimum absolute atomic E-state index is 0.0966. The molecule has 6 heteroatoms. The Morgan fingerprint density at radius 2 is 0.661 bits per heavy atom. The average Bonchev–Trinajstić information content (AvgIpc) is 3.23. The van der Waals surface area contributed by atoms with Crippen LogP contribution < -0.4 is 0 Å². The van der Waals surface area contributed by atoms with Crippen LogP contribution in [0.3, 0.4) is 0 Å². The van der Waals surface area contributed by atoms with Crippen molar-refractivity contribution in [2.24, 2.45) is 0 Å². The third-order valence-corrected chi connectivity index (χ3v) is 10.2. The average molecular weight is 823 g/mol. The van der Waals surface area contributed by atoms with Crippen molar-refractivity contribution in [1.29, 1.82) is 0 Å². The van der Waals surface area contributed by atoms with E-state index in [1.54, 1.807) is 0 Å². The largest absolute Gasteiger partial charge is 0.462 e. The number of rotatable bonds is 43. The van der Waals surface area contributed by atoms with Gasteiger partial charge in [0.05, 0.1) is 0 Å². The molecule has 0 aliphatic carbocycles. The van der Waals surface area contributed by atoms with Gasteiger partial charge in [-0.15, -0.1) is 0 Å². The molecule has 0 saturated carbocycles. The summed E-state index contributed by atoms with van der Waals surface area (Å²) in [6.45, 7) is 6.43. The first kappa shape index (κ1) is 55.9. The molecule has 0 amide bonds. The van der Waals surface area contributed by atoms with Crippen molar-refractivity contribution >= 4 is 17.9 Å². The van der Waals surface area contributed by atoms with Gasteiger partial charge in [0.25, 0.3) is 0 Å². The molecule has 0 aromatic rings. The van der Waals surface area contributed by atoms with Crippen LogP contribution in [0.25, 0.3) is 0 Å². The first-order valence-electron chi connectivity index (χ1n) is 24.4. The fourth-order valence-electron chi connectivity index (χ4n) is 6.48. The molecule has 0 saturated heterocycles. The summed E-state index contributed by atoms with van der Waals surface area (Å²) < 4.78 is 16.7. The van der Waals surface area contributed by atoms with Crippen molar-refractivity contribution < 1.29 is 28.6 Å². The Bertz CT molecular complexity index is 1130. The summed E-state index contributed by atoms with van der Waals surface area (Å²) in [6, 6.07) is 0. The smallest absolute Gasteiger partial charge is 0.306 e. The van der Waals surface area contributed by atoms with Crippen LogP contribution in [0.2, 0.25) is 0 Å². The number of hydrogen-bond donors (Lipinski definition) is 0. The lowest BCUT2D eigenvalue weighted by molar-refractivity contribution is -0.167. The van der Waals surface area contributed by atoms with Crippen molar-refractivity contribution in [1.82, 2.24) is 0 Å². The second kappa shape index (κ2) is 47.5. The number of carbonyl (C=O) groups is 3. The maximum absolute atomic E-state index is 12.7. The maximum Gasteiger partial charge on any atom is 0.306 e. The van der Waals surface area contributed by atoms with Crippen molar-refractivity contribution in [3.8, 4) is 0 Å². The zero-order valence-electron chi connectivity index (χ0n) is 38.5. The van der Waals surface area contributed by atoms with Crippen molar-refractivity contribution in [2.75, 3.05) is 13.2 Å². The van der Waals surface area contributed by atoms with Crippen molar-refractivity contribution in [3.63, 3.8) is 0 Å². The van der Waals surface area contributed by atoms with E-state index in [-0.39, 0.29) is 31.1 Å². The lowest BCUT2D eigenvalue weighted by atomic mass is 10.1. The van der Waals surface area contributed by atoms with Crippen LogP contribution in [0.4, 0.5) is 0 Å².